The van der Waals surface area contributed by atoms with Gasteiger partial charge in [0.1, 0.15) is 11.5 Å². The highest BCUT2D eigenvalue weighted by molar-refractivity contribution is 7.11. The van der Waals surface area contributed by atoms with Crippen LogP contribution in [0.5, 0.6) is 0 Å². The molecule has 1 atom stereocenters. The number of thiophene rings is 1. The van der Waals surface area contributed by atoms with Crippen molar-refractivity contribution in [2.75, 3.05) is 6.54 Å². The fraction of sp³-hybridized carbons (Fsp3) is 0.375. The standard InChI is InChI=1S/C16H18N2O3S/c1-11-7-14(17-21-11)15-3-2-6-18(15)16(20)5-4-13-8-12(9-19)10-22-13/h4-5,7-8,10,15,19H,2-3,6,9H2,1H3/b5-4+. The summed E-state index contributed by atoms with van der Waals surface area (Å²) >= 11 is 1.51. The number of hydrogen-bond donors (Lipinski definition) is 1. The zero-order valence-electron chi connectivity index (χ0n) is 12.4. The van der Waals surface area contributed by atoms with Gasteiger partial charge in [0.25, 0.3) is 0 Å². The van der Waals surface area contributed by atoms with Crippen LogP contribution in [0.4, 0.5) is 0 Å². The number of aryl methyl sites for hydroxylation is 1. The van der Waals surface area contributed by atoms with Crippen LogP contribution in [0.25, 0.3) is 6.08 Å². The molecule has 3 heterocycles. The number of carbonyl (C=O) groups is 1. The van der Waals surface area contributed by atoms with Crippen LogP contribution < -0.4 is 0 Å². The van der Waals surface area contributed by atoms with Gasteiger partial charge in [0.15, 0.2) is 0 Å². The molecule has 5 nitrogen and oxygen atoms in total. The average molecular weight is 318 g/mol. The van der Waals surface area contributed by atoms with Crippen molar-refractivity contribution in [1.82, 2.24) is 10.1 Å². The van der Waals surface area contributed by atoms with E-state index in [0.717, 1.165) is 41.3 Å². The van der Waals surface area contributed by atoms with Crippen LogP contribution in [0, 0.1) is 6.92 Å². The van der Waals surface area contributed by atoms with E-state index in [4.69, 9.17) is 9.63 Å². The third-order valence-electron chi connectivity index (χ3n) is 3.77. The largest absolute Gasteiger partial charge is 0.392 e. The molecule has 1 amide bonds. The van der Waals surface area contributed by atoms with Gasteiger partial charge in [-0.2, -0.15) is 0 Å². The molecule has 1 saturated heterocycles. The van der Waals surface area contributed by atoms with Crippen LogP contribution in [0.1, 0.15) is 40.8 Å². The minimum absolute atomic E-state index is 0.00550. The summed E-state index contributed by atoms with van der Waals surface area (Å²) in [4.78, 5) is 15.2. The van der Waals surface area contributed by atoms with Crippen LogP contribution in [-0.4, -0.2) is 27.6 Å². The van der Waals surface area contributed by atoms with Crippen molar-refractivity contribution in [2.45, 2.75) is 32.4 Å². The molecule has 0 aliphatic carbocycles. The van der Waals surface area contributed by atoms with Gasteiger partial charge < -0.3 is 14.5 Å². The first kappa shape index (κ1) is 15.0. The minimum atomic E-state index is -0.0119. The van der Waals surface area contributed by atoms with Crippen LogP contribution in [0.2, 0.25) is 0 Å². The molecule has 6 heteroatoms. The normalized spacial score (nSPS) is 18.5. The lowest BCUT2D eigenvalue weighted by molar-refractivity contribution is -0.126. The molecule has 0 bridgehead atoms. The number of nitrogens with zero attached hydrogens (tertiary/aromatic N) is 2. The van der Waals surface area contributed by atoms with Gasteiger partial charge in [0, 0.05) is 23.6 Å². The number of carbonyl (C=O) groups excluding carboxylic acids is 1. The minimum Gasteiger partial charge on any atom is -0.392 e. The fourth-order valence-electron chi connectivity index (χ4n) is 2.69. The molecule has 0 spiro atoms. The van der Waals surface area contributed by atoms with Gasteiger partial charge in [-0.15, -0.1) is 11.3 Å². The topological polar surface area (TPSA) is 66.6 Å². The van der Waals surface area contributed by atoms with Crippen molar-refractivity contribution in [3.63, 3.8) is 0 Å². The van der Waals surface area contributed by atoms with Crippen LogP contribution in [0.3, 0.4) is 0 Å². The fourth-order valence-corrected chi connectivity index (χ4v) is 3.49. The van der Waals surface area contributed by atoms with Crippen molar-refractivity contribution < 1.29 is 14.4 Å². The molecular formula is C16H18N2O3S. The summed E-state index contributed by atoms with van der Waals surface area (Å²) in [6.07, 6.45) is 5.29. The second-order valence-corrected chi connectivity index (χ2v) is 6.34. The first-order valence-electron chi connectivity index (χ1n) is 7.27. The highest BCUT2D eigenvalue weighted by Crippen LogP contribution is 2.31. The van der Waals surface area contributed by atoms with Gasteiger partial charge in [0.05, 0.1) is 12.6 Å². The first-order valence-corrected chi connectivity index (χ1v) is 8.15. The van der Waals surface area contributed by atoms with Crippen molar-refractivity contribution in [1.29, 1.82) is 0 Å². The lowest BCUT2D eigenvalue weighted by Gasteiger charge is -2.21. The Hall–Kier alpha value is -1.92. The smallest absolute Gasteiger partial charge is 0.247 e. The Balaban J connectivity index is 1.70. The summed E-state index contributed by atoms with van der Waals surface area (Å²) in [7, 11) is 0. The lowest BCUT2D eigenvalue weighted by Crippen LogP contribution is -2.29. The second-order valence-electron chi connectivity index (χ2n) is 5.40. The lowest BCUT2D eigenvalue weighted by atomic mass is 10.1. The second kappa shape index (κ2) is 6.46. The van der Waals surface area contributed by atoms with Crippen molar-refractivity contribution in [3.05, 3.63) is 45.5 Å². The Kier molecular flexibility index (Phi) is 4.40. The molecule has 1 aliphatic rings. The zero-order valence-corrected chi connectivity index (χ0v) is 13.2. The van der Waals surface area contributed by atoms with E-state index in [1.165, 1.54) is 11.3 Å². The van der Waals surface area contributed by atoms with Crippen molar-refractivity contribution in [2.24, 2.45) is 0 Å². The molecule has 1 fully saturated rings. The Morgan fingerprint density at radius 1 is 1.59 bits per heavy atom. The number of hydrogen-bond acceptors (Lipinski definition) is 5. The molecule has 0 radical (unpaired) electrons. The molecule has 1 aliphatic heterocycles. The molecular weight excluding hydrogens is 300 g/mol. The van der Waals surface area contributed by atoms with E-state index in [-0.39, 0.29) is 18.6 Å². The van der Waals surface area contributed by atoms with E-state index in [1.807, 2.05) is 29.3 Å². The third kappa shape index (κ3) is 3.13. The van der Waals surface area contributed by atoms with Crippen molar-refractivity contribution >= 4 is 23.3 Å². The molecule has 0 saturated carbocycles. The maximum atomic E-state index is 12.4. The Bertz CT molecular complexity index is 689. The average Bonchev–Trinajstić information content (AvgIpc) is 3.24. The Morgan fingerprint density at radius 2 is 2.45 bits per heavy atom. The Morgan fingerprint density at radius 3 is 3.14 bits per heavy atom. The number of amides is 1. The quantitative estimate of drug-likeness (QED) is 0.880. The number of rotatable bonds is 4. The van der Waals surface area contributed by atoms with Gasteiger partial charge in [-0.25, -0.2) is 0 Å². The van der Waals surface area contributed by atoms with E-state index in [2.05, 4.69) is 5.16 Å². The van der Waals surface area contributed by atoms with Crippen LogP contribution >= 0.6 is 11.3 Å². The summed E-state index contributed by atoms with van der Waals surface area (Å²) in [5.41, 5.74) is 1.70. The van der Waals surface area contributed by atoms with Gasteiger partial charge in [-0.1, -0.05) is 5.16 Å². The molecule has 22 heavy (non-hydrogen) atoms. The molecule has 1 unspecified atom stereocenters. The predicted octanol–water partition coefficient (Wildman–Crippen LogP) is 2.91. The summed E-state index contributed by atoms with van der Waals surface area (Å²) < 4.78 is 5.12. The highest BCUT2D eigenvalue weighted by Gasteiger charge is 2.30. The number of aromatic nitrogens is 1. The number of aliphatic hydroxyl groups excluding tert-OH is 1. The third-order valence-corrected chi connectivity index (χ3v) is 4.72. The van der Waals surface area contributed by atoms with Gasteiger partial charge in [0.2, 0.25) is 5.91 Å². The van der Waals surface area contributed by atoms with E-state index in [1.54, 1.807) is 12.2 Å². The van der Waals surface area contributed by atoms with E-state index in [9.17, 15) is 4.79 Å². The molecule has 2 aromatic heterocycles. The highest BCUT2D eigenvalue weighted by atomic mass is 32.1. The Labute approximate surface area is 132 Å². The molecule has 3 rings (SSSR count). The molecule has 0 aromatic carbocycles. The maximum Gasteiger partial charge on any atom is 0.247 e. The van der Waals surface area contributed by atoms with Gasteiger partial charge in [-0.3, -0.25) is 4.79 Å². The van der Waals surface area contributed by atoms with E-state index < -0.39 is 0 Å². The predicted molar refractivity (Wildman–Crippen MR) is 84.2 cm³/mol. The summed E-state index contributed by atoms with van der Waals surface area (Å²) in [5, 5.41) is 15.0. The maximum absolute atomic E-state index is 12.4. The SMILES string of the molecule is Cc1cc(C2CCCN2C(=O)/C=C/c2cc(CO)cs2)no1. The number of aliphatic hydroxyl groups is 1. The molecule has 2 aromatic rings. The number of likely N-dealkylation sites (tertiary alicyclic amines) is 1. The van der Waals surface area contributed by atoms with Gasteiger partial charge >= 0.3 is 0 Å². The van der Waals surface area contributed by atoms with E-state index in [0.29, 0.717) is 0 Å². The van der Waals surface area contributed by atoms with E-state index >= 15 is 0 Å². The zero-order chi connectivity index (χ0) is 15.5. The van der Waals surface area contributed by atoms with Crippen LogP contribution in [0.15, 0.2) is 28.1 Å². The molecule has 1 N–H and O–H groups in total. The molecule has 116 valence electrons. The monoisotopic (exact) mass is 318 g/mol. The first-order chi connectivity index (χ1) is 10.7. The summed E-state index contributed by atoms with van der Waals surface area (Å²) in [5.74, 6) is 0.752. The van der Waals surface area contributed by atoms with Gasteiger partial charge in [-0.05, 0) is 42.9 Å². The van der Waals surface area contributed by atoms with Crippen LogP contribution in [-0.2, 0) is 11.4 Å². The summed E-state index contributed by atoms with van der Waals surface area (Å²) in [6, 6.07) is 3.79. The van der Waals surface area contributed by atoms with Crippen molar-refractivity contribution in [3.8, 4) is 0 Å². The summed E-state index contributed by atoms with van der Waals surface area (Å²) in [6.45, 7) is 2.62.